The number of carbonyl (C=O) groups is 1. The van der Waals surface area contributed by atoms with E-state index in [4.69, 9.17) is 9.47 Å². The van der Waals surface area contributed by atoms with E-state index in [1.807, 2.05) is 0 Å². The number of halogens is 1. The summed E-state index contributed by atoms with van der Waals surface area (Å²) in [6.45, 7) is 12.4. The molecule has 4 aliphatic rings. The highest BCUT2D eigenvalue weighted by atomic mass is 19.1. The van der Waals surface area contributed by atoms with Gasteiger partial charge in [-0.25, -0.2) is 9.18 Å². The number of allylic oxidation sites excluding steroid dienone is 1. The maximum atomic E-state index is 15.0. The highest BCUT2D eigenvalue weighted by Crippen LogP contribution is 2.67. The molecule has 4 heteroatoms. The maximum absolute atomic E-state index is 15.0. The molecule has 3 fully saturated rings. The fraction of sp³-hybridized carbons (Fsp3) is 0.750. The Bertz CT molecular complexity index is 1060. The number of fused-ring (bicyclic) bond motifs is 5. The quantitative estimate of drug-likeness (QED) is 0.226. The van der Waals surface area contributed by atoms with E-state index in [1.165, 1.54) is 56.9 Å². The van der Waals surface area contributed by atoms with Crippen molar-refractivity contribution in [2.45, 2.75) is 118 Å². The minimum Gasteiger partial charge on any atom is -0.497 e. The lowest BCUT2D eigenvalue weighted by Gasteiger charge is -2.58. The van der Waals surface area contributed by atoms with Gasteiger partial charge in [-0.1, -0.05) is 77.7 Å². The molecule has 0 heterocycles. The molecule has 0 radical (unpaired) electrons. The monoisotopic (exact) mass is 552 g/mol. The highest BCUT2D eigenvalue weighted by Gasteiger charge is 2.59. The van der Waals surface area contributed by atoms with Crippen molar-refractivity contribution in [1.29, 1.82) is 0 Å². The molecule has 0 N–H and O–H groups in total. The summed E-state index contributed by atoms with van der Waals surface area (Å²) in [7, 11) is 1.57. The largest absolute Gasteiger partial charge is 0.497 e. The summed E-state index contributed by atoms with van der Waals surface area (Å²) in [6, 6.07) is 6.56. The third kappa shape index (κ3) is 5.50. The van der Waals surface area contributed by atoms with Crippen LogP contribution in [0.3, 0.4) is 0 Å². The molecule has 0 aromatic heterocycles. The van der Waals surface area contributed by atoms with Gasteiger partial charge in [0.25, 0.3) is 0 Å². The van der Waals surface area contributed by atoms with Crippen molar-refractivity contribution in [3.05, 3.63) is 41.5 Å². The summed E-state index contributed by atoms with van der Waals surface area (Å²) in [4.78, 5) is 12.7. The van der Waals surface area contributed by atoms with Gasteiger partial charge < -0.3 is 9.47 Å². The first-order valence-corrected chi connectivity index (χ1v) is 16.2. The van der Waals surface area contributed by atoms with Gasteiger partial charge in [0.1, 0.15) is 11.9 Å². The number of benzene rings is 1. The van der Waals surface area contributed by atoms with Crippen molar-refractivity contribution in [3.8, 4) is 5.75 Å². The maximum Gasteiger partial charge on any atom is 0.345 e. The topological polar surface area (TPSA) is 35.5 Å². The third-order valence-corrected chi connectivity index (χ3v) is 12.2. The summed E-state index contributed by atoms with van der Waals surface area (Å²) in [5.41, 5.74) is 2.47. The SMILES string of the molecule is COc1ccc([C@@H](F)C(=O)O[C@H]2CC[C@@]3(C)C(=CC[C@H]4[C@@H]5CC[C@H]([C@H](C)CCCC(C)C)[C@@]5(C)CC[C@@H]43)C2)cc1. The molecule has 5 rings (SSSR count). The van der Waals surface area contributed by atoms with Crippen LogP contribution in [0.15, 0.2) is 35.9 Å². The first-order valence-electron chi connectivity index (χ1n) is 16.2. The fourth-order valence-electron chi connectivity index (χ4n) is 9.89. The van der Waals surface area contributed by atoms with Gasteiger partial charge in [0.15, 0.2) is 0 Å². The predicted octanol–water partition coefficient (Wildman–Crippen LogP) is 9.66. The Labute approximate surface area is 242 Å². The average molecular weight is 553 g/mol. The molecule has 9 atom stereocenters. The van der Waals surface area contributed by atoms with E-state index in [9.17, 15) is 9.18 Å². The zero-order valence-electron chi connectivity index (χ0n) is 25.9. The van der Waals surface area contributed by atoms with Crippen LogP contribution in [0, 0.1) is 46.3 Å². The first kappa shape index (κ1) is 29.6. The number of carbonyl (C=O) groups excluding carboxylic acids is 1. The Morgan fingerprint density at radius 2 is 1.75 bits per heavy atom. The van der Waals surface area contributed by atoms with Crippen LogP contribution in [-0.4, -0.2) is 19.2 Å². The molecular weight excluding hydrogens is 499 g/mol. The molecular formula is C36H53FO3. The van der Waals surface area contributed by atoms with Gasteiger partial charge in [-0.3, -0.25) is 0 Å². The number of rotatable bonds is 9. The van der Waals surface area contributed by atoms with Gasteiger partial charge in [0.05, 0.1) is 7.11 Å². The number of ether oxygens (including phenoxy) is 2. The number of esters is 1. The Morgan fingerprint density at radius 3 is 2.45 bits per heavy atom. The van der Waals surface area contributed by atoms with Crippen molar-refractivity contribution < 1.29 is 18.7 Å². The van der Waals surface area contributed by atoms with Gasteiger partial charge in [-0.05, 0) is 109 Å². The second-order valence-electron chi connectivity index (χ2n) is 14.7. The molecule has 0 saturated heterocycles. The van der Waals surface area contributed by atoms with Gasteiger partial charge in [0, 0.05) is 6.42 Å². The van der Waals surface area contributed by atoms with Crippen LogP contribution in [0.4, 0.5) is 4.39 Å². The van der Waals surface area contributed by atoms with Crippen molar-refractivity contribution in [1.82, 2.24) is 0 Å². The fourth-order valence-corrected chi connectivity index (χ4v) is 9.89. The lowest BCUT2D eigenvalue weighted by Crippen LogP contribution is -2.51. The normalized spacial score (nSPS) is 36.6. The molecule has 40 heavy (non-hydrogen) atoms. The van der Waals surface area contributed by atoms with Gasteiger partial charge in [0.2, 0.25) is 6.17 Å². The lowest BCUT2D eigenvalue weighted by molar-refractivity contribution is -0.157. The summed E-state index contributed by atoms with van der Waals surface area (Å²) < 4.78 is 25.9. The minimum atomic E-state index is -1.76. The summed E-state index contributed by atoms with van der Waals surface area (Å²) in [5, 5.41) is 0. The van der Waals surface area contributed by atoms with Crippen LogP contribution >= 0.6 is 0 Å². The summed E-state index contributed by atoms with van der Waals surface area (Å²) >= 11 is 0. The van der Waals surface area contributed by atoms with Crippen LogP contribution in [0.25, 0.3) is 0 Å². The van der Waals surface area contributed by atoms with E-state index in [-0.39, 0.29) is 11.5 Å². The molecule has 0 aliphatic heterocycles. The summed E-state index contributed by atoms with van der Waals surface area (Å²) in [6.07, 6.45) is 14.0. The van der Waals surface area contributed by atoms with Crippen LogP contribution in [0.1, 0.15) is 117 Å². The standard InChI is InChI=1S/C36H53FO3/c1-23(2)8-7-9-24(3)30-16-17-31-29-15-12-26-22-28(18-20-35(26,4)32(29)19-21-36(30,31)5)40-34(38)33(37)25-10-13-27(39-6)14-11-25/h10-14,23-24,28-33H,7-9,15-22H2,1-6H3/t24-,28+,29+,30-,31+,32+,33-,35+,36-/m1/s1. The number of alkyl halides is 1. The Hall–Kier alpha value is -1.84. The minimum absolute atomic E-state index is 0.194. The van der Waals surface area contributed by atoms with E-state index < -0.39 is 12.1 Å². The molecule has 4 aliphatic carbocycles. The molecule has 0 spiro atoms. The molecule has 0 bridgehead atoms. The Kier molecular flexibility index (Phi) is 8.75. The Balaban J connectivity index is 1.22. The molecule has 3 saturated carbocycles. The molecule has 1 aromatic rings. The molecule has 0 unspecified atom stereocenters. The number of hydrogen-bond acceptors (Lipinski definition) is 3. The van der Waals surface area contributed by atoms with Crippen LogP contribution in [0.5, 0.6) is 5.75 Å². The van der Waals surface area contributed by atoms with E-state index in [0.29, 0.717) is 16.7 Å². The number of hydrogen-bond donors (Lipinski definition) is 0. The first-order chi connectivity index (χ1) is 19.1. The lowest BCUT2D eigenvalue weighted by atomic mass is 9.47. The van der Waals surface area contributed by atoms with Crippen LogP contribution in [0.2, 0.25) is 0 Å². The summed E-state index contributed by atoms with van der Waals surface area (Å²) in [5.74, 6) is 4.74. The zero-order valence-corrected chi connectivity index (χ0v) is 25.9. The van der Waals surface area contributed by atoms with Crippen molar-refractivity contribution >= 4 is 5.97 Å². The van der Waals surface area contributed by atoms with Gasteiger partial charge in [-0.2, -0.15) is 0 Å². The smallest absolute Gasteiger partial charge is 0.345 e. The van der Waals surface area contributed by atoms with E-state index in [2.05, 4.69) is 40.7 Å². The van der Waals surface area contributed by atoms with E-state index in [0.717, 1.165) is 54.8 Å². The molecule has 1 aromatic carbocycles. The Morgan fingerprint density at radius 1 is 1.00 bits per heavy atom. The zero-order chi connectivity index (χ0) is 28.7. The van der Waals surface area contributed by atoms with E-state index >= 15 is 0 Å². The van der Waals surface area contributed by atoms with Crippen molar-refractivity contribution in [2.24, 2.45) is 46.3 Å². The third-order valence-electron chi connectivity index (χ3n) is 12.2. The molecule has 222 valence electrons. The van der Waals surface area contributed by atoms with Crippen molar-refractivity contribution in [2.75, 3.05) is 7.11 Å². The predicted molar refractivity (Wildman–Crippen MR) is 160 cm³/mol. The highest BCUT2D eigenvalue weighted by molar-refractivity contribution is 5.76. The van der Waals surface area contributed by atoms with Gasteiger partial charge in [-0.15, -0.1) is 0 Å². The second-order valence-corrected chi connectivity index (χ2v) is 14.7. The number of methoxy groups -OCH3 is 1. The van der Waals surface area contributed by atoms with Gasteiger partial charge >= 0.3 is 5.97 Å². The van der Waals surface area contributed by atoms with Crippen molar-refractivity contribution in [3.63, 3.8) is 0 Å². The molecule has 0 amide bonds. The molecule has 3 nitrogen and oxygen atoms in total. The average Bonchev–Trinajstić information content (AvgIpc) is 3.30. The van der Waals surface area contributed by atoms with Crippen LogP contribution < -0.4 is 4.74 Å². The van der Waals surface area contributed by atoms with E-state index in [1.54, 1.807) is 31.4 Å². The van der Waals surface area contributed by atoms with Crippen LogP contribution in [-0.2, 0) is 9.53 Å². The second kappa shape index (κ2) is 11.8.